The molecule has 1 heterocycles. The molecule has 134 valence electrons. The van der Waals surface area contributed by atoms with Gasteiger partial charge in [-0.1, -0.05) is 35.1 Å². The lowest BCUT2D eigenvalue weighted by Crippen LogP contribution is -2.34. The zero-order chi connectivity index (χ0) is 18.9. The van der Waals surface area contributed by atoms with Crippen molar-refractivity contribution in [3.8, 4) is 0 Å². The SMILES string of the molecule is O=C(NC(=O)c1ccccc1Cl)Nc1nc2ccc(C(F)(F)F)cc2s1. The van der Waals surface area contributed by atoms with Gasteiger partial charge in [-0.15, -0.1) is 0 Å². The number of imide groups is 1. The number of amides is 3. The van der Waals surface area contributed by atoms with Crippen molar-refractivity contribution in [2.45, 2.75) is 6.18 Å². The number of anilines is 1. The normalized spacial score (nSPS) is 11.4. The van der Waals surface area contributed by atoms with Crippen LogP contribution in [0.25, 0.3) is 10.2 Å². The molecule has 0 saturated heterocycles. The molecule has 5 nitrogen and oxygen atoms in total. The van der Waals surface area contributed by atoms with Crippen LogP contribution in [-0.2, 0) is 6.18 Å². The Balaban J connectivity index is 1.73. The van der Waals surface area contributed by atoms with Crippen molar-refractivity contribution < 1.29 is 22.8 Å². The molecule has 0 aliphatic carbocycles. The Hall–Kier alpha value is -2.65. The van der Waals surface area contributed by atoms with Crippen LogP contribution in [0.5, 0.6) is 0 Å². The Morgan fingerprint density at radius 2 is 1.85 bits per heavy atom. The van der Waals surface area contributed by atoms with E-state index in [0.29, 0.717) is 5.52 Å². The van der Waals surface area contributed by atoms with Gasteiger partial charge in [0.1, 0.15) is 0 Å². The van der Waals surface area contributed by atoms with Gasteiger partial charge in [0.25, 0.3) is 5.91 Å². The summed E-state index contributed by atoms with van der Waals surface area (Å²) in [6.45, 7) is 0. The summed E-state index contributed by atoms with van der Waals surface area (Å²) in [6.07, 6.45) is -4.47. The fourth-order valence-corrected chi connectivity index (χ4v) is 3.22. The van der Waals surface area contributed by atoms with E-state index in [2.05, 4.69) is 15.6 Å². The third-order valence-electron chi connectivity index (χ3n) is 3.28. The van der Waals surface area contributed by atoms with Gasteiger partial charge in [0.2, 0.25) is 0 Å². The lowest BCUT2D eigenvalue weighted by Gasteiger charge is -2.05. The smallest absolute Gasteiger partial charge is 0.283 e. The Kier molecular flexibility index (Phi) is 4.84. The van der Waals surface area contributed by atoms with E-state index >= 15 is 0 Å². The number of thiazole rings is 1. The zero-order valence-electron chi connectivity index (χ0n) is 12.7. The van der Waals surface area contributed by atoms with Crippen molar-refractivity contribution in [2.24, 2.45) is 0 Å². The molecule has 0 spiro atoms. The molecule has 0 atom stereocenters. The number of carbonyl (C=O) groups is 2. The van der Waals surface area contributed by atoms with Crippen LogP contribution >= 0.6 is 22.9 Å². The minimum Gasteiger partial charge on any atom is -0.283 e. The molecule has 3 rings (SSSR count). The Labute approximate surface area is 153 Å². The maximum Gasteiger partial charge on any atom is 0.416 e. The van der Waals surface area contributed by atoms with E-state index in [9.17, 15) is 22.8 Å². The van der Waals surface area contributed by atoms with Crippen LogP contribution in [0.1, 0.15) is 15.9 Å². The standard InChI is InChI=1S/C16H9ClF3N3O2S/c17-10-4-2-1-3-9(10)13(24)22-14(25)23-15-21-11-6-5-8(16(18,19)20)7-12(11)26-15/h1-7H,(H2,21,22,23,24,25). The Morgan fingerprint density at radius 1 is 1.12 bits per heavy atom. The summed E-state index contributed by atoms with van der Waals surface area (Å²) in [4.78, 5) is 27.9. The van der Waals surface area contributed by atoms with Gasteiger partial charge in [-0.05, 0) is 30.3 Å². The third kappa shape index (κ3) is 3.94. The third-order valence-corrected chi connectivity index (χ3v) is 4.54. The molecule has 0 unspecified atom stereocenters. The van der Waals surface area contributed by atoms with Gasteiger partial charge in [-0.25, -0.2) is 9.78 Å². The molecule has 3 aromatic rings. The van der Waals surface area contributed by atoms with Crippen molar-refractivity contribution in [3.63, 3.8) is 0 Å². The molecule has 26 heavy (non-hydrogen) atoms. The monoisotopic (exact) mass is 399 g/mol. The van der Waals surface area contributed by atoms with Crippen LogP contribution < -0.4 is 10.6 Å². The average molecular weight is 400 g/mol. The van der Waals surface area contributed by atoms with E-state index in [0.717, 1.165) is 23.5 Å². The van der Waals surface area contributed by atoms with Gasteiger partial charge in [0.15, 0.2) is 5.13 Å². The van der Waals surface area contributed by atoms with Crippen molar-refractivity contribution in [1.82, 2.24) is 10.3 Å². The van der Waals surface area contributed by atoms with Gasteiger partial charge in [-0.3, -0.25) is 15.4 Å². The highest BCUT2D eigenvalue weighted by Gasteiger charge is 2.30. The summed E-state index contributed by atoms with van der Waals surface area (Å²) in [7, 11) is 0. The first-order valence-electron chi connectivity index (χ1n) is 7.09. The molecule has 1 aromatic heterocycles. The molecule has 2 N–H and O–H groups in total. The maximum atomic E-state index is 12.7. The number of nitrogens with one attached hydrogen (secondary N) is 2. The average Bonchev–Trinajstić information content (AvgIpc) is 2.95. The minimum absolute atomic E-state index is 0.0591. The van der Waals surface area contributed by atoms with Crippen molar-refractivity contribution in [2.75, 3.05) is 5.32 Å². The van der Waals surface area contributed by atoms with E-state index in [-0.39, 0.29) is 20.4 Å². The van der Waals surface area contributed by atoms with Crippen LogP contribution in [0.15, 0.2) is 42.5 Å². The number of halogens is 4. The number of urea groups is 1. The summed E-state index contributed by atoms with van der Waals surface area (Å²) in [5, 5.41) is 4.64. The first-order chi connectivity index (χ1) is 12.2. The lowest BCUT2D eigenvalue weighted by molar-refractivity contribution is -0.137. The second kappa shape index (κ2) is 6.93. The molecule has 2 aromatic carbocycles. The van der Waals surface area contributed by atoms with Gasteiger partial charge in [-0.2, -0.15) is 13.2 Å². The molecular weight excluding hydrogens is 391 g/mol. The van der Waals surface area contributed by atoms with E-state index in [1.807, 2.05) is 0 Å². The predicted molar refractivity (Wildman–Crippen MR) is 92.6 cm³/mol. The van der Waals surface area contributed by atoms with Gasteiger partial charge in [0.05, 0.1) is 26.4 Å². The topological polar surface area (TPSA) is 71.1 Å². The van der Waals surface area contributed by atoms with E-state index < -0.39 is 23.7 Å². The number of carbonyl (C=O) groups excluding carboxylic acids is 2. The number of rotatable bonds is 2. The first kappa shape index (κ1) is 18.2. The van der Waals surface area contributed by atoms with E-state index in [1.165, 1.54) is 18.2 Å². The van der Waals surface area contributed by atoms with Gasteiger partial charge >= 0.3 is 12.2 Å². The zero-order valence-corrected chi connectivity index (χ0v) is 14.3. The molecule has 0 fully saturated rings. The van der Waals surface area contributed by atoms with Crippen LogP contribution in [0.3, 0.4) is 0 Å². The number of aromatic nitrogens is 1. The maximum absolute atomic E-state index is 12.7. The van der Waals surface area contributed by atoms with Crippen LogP contribution in [-0.4, -0.2) is 16.9 Å². The van der Waals surface area contributed by atoms with Gasteiger partial charge in [0, 0.05) is 0 Å². The molecule has 0 aliphatic rings. The molecule has 0 bridgehead atoms. The van der Waals surface area contributed by atoms with Crippen LogP contribution in [0.4, 0.5) is 23.1 Å². The van der Waals surface area contributed by atoms with Crippen molar-refractivity contribution in [3.05, 3.63) is 58.6 Å². The first-order valence-corrected chi connectivity index (χ1v) is 8.28. The van der Waals surface area contributed by atoms with E-state index in [4.69, 9.17) is 11.6 Å². The van der Waals surface area contributed by atoms with Crippen LogP contribution in [0.2, 0.25) is 5.02 Å². The van der Waals surface area contributed by atoms with Crippen molar-refractivity contribution in [1.29, 1.82) is 0 Å². The second-order valence-corrected chi connectivity index (χ2v) is 6.53. The molecular formula is C16H9ClF3N3O2S. The summed E-state index contributed by atoms with van der Waals surface area (Å²) >= 11 is 6.73. The number of fused-ring (bicyclic) bond motifs is 1. The highest BCUT2D eigenvalue weighted by Crippen LogP contribution is 2.34. The summed E-state index contributed by atoms with van der Waals surface area (Å²) in [5.74, 6) is -0.714. The quantitative estimate of drug-likeness (QED) is 0.641. The highest BCUT2D eigenvalue weighted by atomic mass is 35.5. The Bertz CT molecular complexity index is 1000. The molecule has 3 amide bonds. The second-order valence-electron chi connectivity index (χ2n) is 5.09. The van der Waals surface area contributed by atoms with Crippen LogP contribution in [0, 0.1) is 0 Å². The number of nitrogens with zero attached hydrogens (tertiary/aromatic N) is 1. The Morgan fingerprint density at radius 3 is 2.54 bits per heavy atom. The summed E-state index contributed by atoms with van der Waals surface area (Å²) in [6, 6.07) is 8.37. The van der Waals surface area contributed by atoms with E-state index in [1.54, 1.807) is 12.1 Å². The van der Waals surface area contributed by atoms with Gasteiger partial charge < -0.3 is 0 Å². The molecule has 0 aliphatic heterocycles. The van der Waals surface area contributed by atoms with Crippen molar-refractivity contribution >= 4 is 50.2 Å². The molecule has 10 heteroatoms. The number of hydrogen-bond acceptors (Lipinski definition) is 4. The highest BCUT2D eigenvalue weighted by molar-refractivity contribution is 7.22. The summed E-state index contributed by atoms with van der Waals surface area (Å²) in [5.41, 5.74) is -0.391. The number of hydrogen-bond donors (Lipinski definition) is 2. The number of alkyl halides is 3. The number of benzene rings is 2. The fourth-order valence-electron chi connectivity index (χ4n) is 2.10. The molecule has 0 saturated carbocycles. The fraction of sp³-hybridized carbons (Fsp3) is 0.0625. The lowest BCUT2D eigenvalue weighted by atomic mass is 10.2. The molecule has 0 radical (unpaired) electrons. The predicted octanol–water partition coefficient (Wildman–Crippen LogP) is 4.93. The largest absolute Gasteiger partial charge is 0.416 e. The summed E-state index contributed by atoms with van der Waals surface area (Å²) < 4.78 is 38.4. The minimum atomic E-state index is -4.47.